The molecule has 0 saturated carbocycles. The van der Waals surface area contributed by atoms with Gasteiger partial charge in [-0.3, -0.25) is 4.79 Å². The highest BCUT2D eigenvalue weighted by molar-refractivity contribution is 8.02. The van der Waals surface area contributed by atoms with Crippen molar-refractivity contribution in [3.63, 3.8) is 0 Å². The van der Waals surface area contributed by atoms with Crippen molar-refractivity contribution in [2.75, 3.05) is 14.1 Å². The topological polar surface area (TPSA) is 52.8 Å². The first kappa shape index (κ1) is 16.6. The average Bonchev–Trinajstić information content (AvgIpc) is 2.62. The molecule has 0 spiro atoms. The third kappa shape index (κ3) is 2.82. The van der Waals surface area contributed by atoms with Crippen molar-refractivity contribution in [2.45, 2.75) is 19.1 Å². The van der Waals surface area contributed by atoms with E-state index in [1.165, 1.54) is 22.1 Å². The highest BCUT2D eigenvalue weighted by atomic mass is 32.2. The van der Waals surface area contributed by atoms with E-state index < -0.39 is 5.92 Å². The molecule has 0 bridgehead atoms. The van der Waals surface area contributed by atoms with Gasteiger partial charge in [-0.1, -0.05) is 37.3 Å². The number of urea groups is 1. The van der Waals surface area contributed by atoms with Gasteiger partial charge in [-0.05, 0) is 17.6 Å². The van der Waals surface area contributed by atoms with E-state index in [0.717, 1.165) is 22.7 Å². The van der Waals surface area contributed by atoms with E-state index in [1.807, 2.05) is 18.2 Å². The Morgan fingerprint density at radius 2 is 1.96 bits per heavy atom. The number of rotatable bonds is 4. The molecule has 0 aliphatic carbocycles. The minimum atomic E-state index is -0.480. The normalized spacial score (nSPS) is 20.8. The fourth-order valence-electron chi connectivity index (χ4n) is 2.88. The van der Waals surface area contributed by atoms with E-state index in [-0.39, 0.29) is 11.9 Å². The molecule has 24 heavy (non-hydrogen) atoms. The predicted molar refractivity (Wildman–Crippen MR) is 96.4 cm³/mol. The lowest BCUT2D eigenvalue weighted by Crippen LogP contribution is -2.52. The average molecular weight is 342 g/mol. The molecule has 2 heterocycles. The highest BCUT2D eigenvalue weighted by Crippen LogP contribution is 2.37. The number of hydrogen-bond acceptors (Lipinski definition) is 4. The van der Waals surface area contributed by atoms with E-state index in [2.05, 4.69) is 24.0 Å². The molecule has 3 amide bonds. The molecule has 1 atom stereocenters. The first-order valence-corrected chi connectivity index (χ1v) is 8.89. The van der Waals surface area contributed by atoms with Crippen LogP contribution in [0.3, 0.4) is 0 Å². The first-order chi connectivity index (χ1) is 11.5. The molecule has 6 heteroatoms. The molecule has 2 aliphatic heterocycles. The molecule has 0 aromatic heterocycles. The van der Waals surface area contributed by atoms with Crippen molar-refractivity contribution < 1.29 is 14.2 Å². The van der Waals surface area contributed by atoms with E-state index in [1.54, 1.807) is 25.0 Å². The summed E-state index contributed by atoms with van der Waals surface area (Å²) in [6.45, 7) is 2.06. The molecule has 1 aromatic rings. The third-order valence-corrected chi connectivity index (χ3v) is 5.59. The maximum absolute atomic E-state index is 12.7. The summed E-state index contributed by atoms with van der Waals surface area (Å²) in [5.74, 6) is 0.625. The molecular formula is C18H20N3O2S+. The number of aliphatic imine (C=N–C) groups is 1. The third-order valence-electron chi connectivity index (χ3n) is 4.30. The van der Waals surface area contributed by atoms with Crippen molar-refractivity contribution >= 4 is 35.8 Å². The van der Waals surface area contributed by atoms with Crippen molar-refractivity contribution in [1.82, 2.24) is 4.90 Å². The molecule has 0 fully saturated rings. The van der Waals surface area contributed by atoms with Crippen LogP contribution in [0.2, 0.25) is 0 Å². The van der Waals surface area contributed by atoms with Gasteiger partial charge in [-0.15, -0.1) is 16.8 Å². The van der Waals surface area contributed by atoms with Gasteiger partial charge in [0.1, 0.15) is 6.21 Å². The second kappa shape index (κ2) is 6.73. The Bertz CT molecular complexity index is 781. The molecule has 0 radical (unpaired) electrons. The number of nitrogens with zero attached hydrogens (tertiary/aromatic N) is 3. The molecule has 2 aliphatic rings. The Hall–Kier alpha value is -2.21. The Labute approximate surface area is 145 Å². The second-order valence-corrected chi connectivity index (χ2v) is 6.82. The van der Waals surface area contributed by atoms with Gasteiger partial charge in [0.05, 0.1) is 14.1 Å². The summed E-state index contributed by atoms with van der Waals surface area (Å²) in [4.78, 5) is 31.5. The number of imide groups is 1. The molecule has 0 N–H and O–H groups in total. The summed E-state index contributed by atoms with van der Waals surface area (Å²) in [5, 5.41) is 0. The van der Waals surface area contributed by atoms with Crippen molar-refractivity contribution in [1.29, 1.82) is 0 Å². The van der Waals surface area contributed by atoms with Gasteiger partial charge in [-0.25, -0.2) is 4.79 Å². The quantitative estimate of drug-likeness (QED) is 0.791. The lowest BCUT2D eigenvalue weighted by molar-refractivity contribution is -0.407. The van der Waals surface area contributed by atoms with Gasteiger partial charge in [-0.2, -0.15) is 9.48 Å². The van der Waals surface area contributed by atoms with Crippen LogP contribution in [0.1, 0.15) is 18.9 Å². The molecule has 0 saturated heterocycles. The van der Waals surface area contributed by atoms with Gasteiger partial charge in [0.25, 0.3) is 5.84 Å². The maximum atomic E-state index is 12.7. The molecular weight excluding hydrogens is 322 g/mol. The number of hydrogen-bond donors (Lipinski definition) is 0. The summed E-state index contributed by atoms with van der Waals surface area (Å²) in [5.41, 5.74) is 2.27. The summed E-state index contributed by atoms with van der Waals surface area (Å²) in [6.07, 6.45) is 2.60. The van der Waals surface area contributed by atoms with Crippen molar-refractivity contribution in [3.8, 4) is 0 Å². The van der Waals surface area contributed by atoms with Crippen LogP contribution in [0.5, 0.6) is 0 Å². The molecule has 124 valence electrons. The largest absolute Gasteiger partial charge is 0.445 e. The zero-order valence-electron chi connectivity index (χ0n) is 14.0. The number of carbonyl (C=O) groups excluding carboxylic acids is 2. The number of allylic oxidation sites excluding steroid dienone is 1. The maximum Gasteiger partial charge on any atom is 0.445 e. The zero-order valence-corrected chi connectivity index (χ0v) is 14.8. The monoisotopic (exact) mass is 342 g/mol. The number of thioether (sulfide) groups is 1. The van der Waals surface area contributed by atoms with Crippen molar-refractivity contribution in [3.05, 3.63) is 46.4 Å². The Kier molecular flexibility index (Phi) is 4.66. The van der Waals surface area contributed by atoms with Crippen LogP contribution >= 0.6 is 11.8 Å². The van der Waals surface area contributed by atoms with Crippen LogP contribution < -0.4 is 0 Å². The highest BCUT2D eigenvalue weighted by Gasteiger charge is 2.48. The molecule has 1 unspecified atom stereocenters. The SMILES string of the molecule is CCC1=C(SCc2ccccc2)C2C(=O)N(C)C(=O)[N+](C)=C2N=C1. The number of amidine groups is 1. The Morgan fingerprint density at radius 1 is 1.25 bits per heavy atom. The summed E-state index contributed by atoms with van der Waals surface area (Å²) >= 11 is 1.66. The molecule has 1 aromatic carbocycles. The van der Waals surface area contributed by atoms with Crippen molar-refractivity contribution in [2.24, 2.45) is 10.9 Å². The van der Waals surface area contributed by atoms with E-state index >= 15 is 0 Å². The Morgan fingerprint density at radius 3 is 2.62 bits per heavy atom. The van der Waals surface area contributed by atoms with Gasteiger partial charge in [0.15, 0.2) is 5.92 Å². The van der Waals surface area contributed by atoms with E-state index in [9.17, 15) is 9.59 Å². The zero-order chi connectivity index (χ0) is 17.3. The number of benzene rings is 1. The Balaban J connectivity index is 1.98. The number of dihydropyridines is 1. The minimum Gasteiger partial charge on any atom is -0.255 e. The first-order valence-electron chi connectivity index (χ1n) is 7.90. The molecule has 5 nitrogen and oxygen atoms in total. The van der Waals surface area contributed by atoms with E-state index in [0.29, 0.717) is 5.84 Å². The van der Waals surface area contributed by atoms with Crippen LogP contribution in [0.4, 0.5) is 4.79 Å². The number of amides is 3. The van der Waals surface area contributed by atoms with Gasteiger partial charge in [0, 0.05) is 10.7 Å². The van der Waals surface area contributed by atoms with Crippen LogP contribution in [-0.2, 0) is 10.5 Å². The second-order valence-electron chi connectivity index (χ2n) is 5.81. The minimum absolute atomic E-state index is 0.202. The smallest absolute Gasteiger partial charge is 0.255 e. The summed E-state index contributed by atoms with van der Waals surface area (Å²) in [6, 6.07) is 9.82. The lowest BCUT2D eigenvalue weighted by Gasteiger charge is -2.28. The number of carbonyl (C=O) groups is 2. The fourth-order valence-corrected chi connectivity index (χ4v) is 4.15. The van der Waals surface area contributed by atoms with Crippen LogP contribution in [0.25, 0.3) is 0 Å². The van der Waals surface area contributed by atoms with Gasteiger partial charge < -0.3 is 0 Å². The van der Waals surface area contributed by atoms with E-state index in [4.69, 9.17) is 0 Å². The van der Waals surface area contributed by atoms with Gasteiger partial charge in [0.2, 0.25) is 0 Å². The molecule has 3 rings (SSSR count). The van der Waals surface area contributed by atoms with Crippen LogP contribution in [0.15, 0.2) is 45.8 Å². The van der Waals surface area contributed by atoms with Gasteiger partial charge >= 0.3 is 11.9 Å². The lowest BCUT2D eigenvalue weighted by atomic mass is 9.97. The summed E-state index contributed by atoms with van der Waals surface area (Å²) < 4.78 is 1.47. The standard InChI is InChI=1S/C18H20N3O2S/c1-4-13-10-19-16-14(17(22)21(3)18(23)20(16)2)15(13)24-11-12-8-6-5-7-9-12/h5-10,14H,4,11H2,1-3H3/q+1. The summed E-state index contributed by atoms with van der Waals surface area (Å²) in [7, 11) is 3.20. The van der Waals surface area contributed by atoms with Crippen LogP contribution in [0, 0.1) is 5.92 Å². The number of fused-ring (bicyclic) bond motifs is 1. The fraction of sp³-hybridized carbons (Fsp3) is 0.333. The van der Waals surface area contributed by atoms with Crippen LogP contribution in [-0.4, -0.2) is 47.6 Å². The predicted octanol–water partition coefficient (Wildman–Crippen LogP) is 2.92.